The second-order valence-electron chi connectivity index (χ2n) is 7.55. The van der Waals surface area contributed by atoms with Crippen LogP contribution >= 0.6 is 0 Å². The fourth-order valence-corrected chi connectivity index (χ4v) is 5.10. The van der Waals surface area contributed by atoms with E-state index in [1.54, 1.807) is 40.7 Å². The number of nitrogens with zero attached hydrogens (tertiary/aromatic N) is 3. The summed E-state index contributed by atoms with van der Waals surface area (Å²) in [6, 6.07) is 16.2. The zero-order chi connectivity index (χ0) is 21.7. The molecule has 1 aliphatic rings. The highest BCUT2D eigenvalue weighted by atomic mass is 32.2. The predicted molar refractivity (Wildman–Crippen MR) is 118 cm³/mol. The van der Waals surface area contributed by atoms with Gasteiger partial charge in [0.25, 0.3) is 5.91 Å². The van der Waals surface area contributed by atoms with Crippen LogP contribution in [0.15, 0.2) is 54.6 Å². The first kappa shape index (κ1) is 22.2. The van der Waals surface area contributed by atoms with Crippen LogP contribution < -0.4 is 15.6 Å². The third-order valence-corrected chi connectivity index (χ3v) is 7.24. The molecule has 0 saturated carbocycles. The summed E-state index contributed by atoms with van der Waals surface area (Å²) in [5, 5.41) is 0. The molecule has 1 heterocycles. The van der Waals surface area contributed by atoms with E-state index in [9.17, 15) is 13.2 Å². The van der Waals surface area contributed by atoms with Crippen molar-refractivity contribution >= 4 is 21.8 Å². The number of nitrogens with two attached hydrogens (primary N) is 1. The lowest BCUT2D eigenvalue weighted by Gasteiger charge is -2.38. The number of carbonyl (C=O) groups excluding carboxylic acids is 1. The molecule has 0 radical (unpaired) electrons. The van der Waals surface area contributed by atoms with Crippen LogP contribution in [0.3, 0.4) is 0 Å². The van der Waals surface area contributed by atoms with E-state index in [4.69, 9.17) is 5.84 Å². The first-order chi connectivity index (χ1) is 14.3. The lowest BCUT2D eigenvalue weighted by Crippen LogP contribution is -2.54. The summed E-state index contributed by atoms with van der Waals surface area (Å²) in [5.41, 5.74) is 3.89. The van der Waals surface area contributed by atoms with E-state index in [1.165, 1.54) is 4.31 Å². The number of benzene rings is 2. The minimum absolute atomic E-state index is 0.168. The number of carbonyl (C=O) groups is 1. The van der Waals surface area contributed by atoms with Crippen LogP contribution in [0, 0.1) is 0 Å². The van der Waals surface area contributed by atoms with Gasteiger partial charge in [0.1, 0.15) is 0 Å². The van der Waals surface area contributed by atoms with Gasteiger partial charge in [-0.1, -0.05) is 30.3 Å². The molecule has 0 spiro atoms. The SMILES string of the molecule is CC(C)N1CCN(S(=O)(=O)N(Cc2ccc(C(=O)NN)cc2)c2ccccc2)CC1. The van der Waals surface area contributed by atoms with E-state index in [0.717, 1.165) is 5.56 Å². The Morgan fingerprint density at radius 3 is 2.17 bits per heavy atom. The molecule has 3 N–H and O–H groups in total. The lowest BCUT2D eigenvalue weighted by atomic mass is 10.1. The van der Waals surface area contributed by atoms with Crippen molar-refractivity contribution in [2.75, 3.05) is 30.5 Å². The Kier molecular flexibility index (Phi) is 7.09. The molecule has 0 atom stereocenters. The normalized spacial score (nSPS) is 15.9. The Bertz CT molecular complexity index is 940. The molecule has 2 aromatic carbocycles. The summed E-state index contributed by atoms with van der Waals surface area (Å²) in [7, 11) is -3.71. The Balaban J connectivity index is 1.85. The van der Waals surface area contributed by atoms with Crippen molar-refractivity contribution in [1.29, 1.82) is 0 Å². The van der Waals surface area contributed by atoms with E-state index >= 15 is 0 Å². The average molecular weight is 432 g/mol. The Hall–Kier alpha value is -2.46. The van der Waals surface area contributed by atoms with Crippen molar-refractivity contribution in [2.45, 2.75) is 26.4 Å². The quantitative estimate of drug-likeness (QED) is 0.394. The minimum atomic E-state index is -3.71. The number of rotatable bonds is 7. The van der Waals surface area contributed by atoms with Crippen molar-refractivity contribution in [3.05, 3.63) is 65.7 Å². The van der Waals surface area contributed by atoms with Crippen molar-refractivity contribution in [3.63, 3.8) is 0 Å². The molecule has 162 valence electrons. The smallest absolute Gasteiger partial charge is 0.298 e. The van der Waals surface area contributed by atoms with Crippen LogP contribution in [0.1, 0.15) is 29.8 Å². The third-order valence-electron chi connectivity index (χ3n) is 5.33. The van der Waals surface area contributed by atoms with Gasteiger partial charge in [-0.25, -0.2) is 5.84 Å². The first-order valence-electron chi connectivity index (χ1n) is 9.99. The van der Waals surface area contributed by atoms with Gasteiger partial charge in [-0.3, -0.25) is 19.4 Å². The molecule has 3 rings (SSSR count). The van der Waals surface area contributed by atoms with Crippen LogP contribution in [0.25, 0.3) is 0 Å². The fourth-order valence-electron chi connectivity index (χ4n) is 3.50. The third kappa shape index (κ3) is 4.99. The van der Waals surface area contributed by atoms with Crippen molar-refractivity contribution < 1.29 is 13.2 Å². The molecule has 0 aliphatic carbocycles. The van der Waals surface area contributed by atoms with Gasteiger partial charge in [0, 0.05) is 37.8 Å². The Labute approximate surface area is 178 Å². The van der Waals surface area contributed by atoms with Gasteiger partial charge >= 0.3 is 10.2 Å². The van der Waals surface area contributed by atoms with Crippen LogP contribution in [0.4, 0.5) is 5.69 Å². The predicted octanol–water partition coefficient (Wildman–Crippen LogP) is 1.57. The molecule has 2 aromatic rings. The highest BCUT2D eigenvalue weighted by molar-refractivity contribution is 7.90. The highest BCUT2D eigenvalue weighted by Crippen LogP contribution is 2.24. The standard InChI is InChI=1S/C21H29N5O3S/c1-17(2)24-12-14-25(15-13-24)30(28,29)26(20-6-4-3-5-7-20)16-18-8-10-19(11-9-18)21(27)23-22/h3-11,17H,12-16,22H2,1-2H3,(H,23,27). The number of nitrogen functional groups attached to an aromatic ring is 1. The van der Waals surface area contributed by atoms with E-state index in [1.807, 2.05) is 18.2 Å². The number of para-hydroxylation sites is 1. The summed E-state index contributed by atoms with van der Waals surface area (Å²) in [6.07, 6.45) is 0. The number of piperazine rings is 1. The number of hydrogen-bond donors (Lipinski definition) is 2. The summed E-state index contributed by atoms with van der Waals surface area (Å²) in [5.74, 6) is 4.78. The lowest BCUT2D eigenvalue weighted by molar-refractivity contribution is 0.0953. The van der Waals surface area contributed by atoms with Gasteiger partial charge in [-0.15, -0.1) is 0 Å². The minimum Gasteiger partial charge on any atom is -0.298 e. The molecule has 9 heteroatoms. The number of nitrogens with one attached hydrogen (secondary N) is 1. The van der Waals surface area contributed by atoms with Crippen LogP contribution in [0.2, 0.25) is 0 Å². The number of hydrazine groups is 1. The molecular formula is C21H29N5O3S. The van der Waals surface area contributed by atoms with Gasteiger partial charge in [-0.2, -0.15) is 12.7 Å². The second kappa shape index (κ2) is 9.57. The van der Waals surface area contributed by atoms with Crippen LogP contribution in [-0.2, 0) is 16.8 Å². The molecule has 1 fully saturated rings. The number of amides is 1. The fraction of sp³-hybridized carbons (Fsp3) is 0.381. The molecule has 1 aliphatic heterocycles. The van der Waals surface area contributed by atoms with Crippen molar-refractivity contribution in [1.82, 2.24) is 14.6 Å². The largest absolute Gasteiger partial charge is 0.304 e. The van der Waals surface area contributed by atoms with Gasteiger partial charge < -0.3 is 0 Å². The van der Waals surface area contributed by atoms with E-state index < -0.39 is 16.1 Å². The topological polar surface area (TPSA) is 99.0 Å². The maximum atomic E-state index is 13.5. The molecular weight excluding hydrogens is 402 g/mol. The number of anilines is 1. The van der Waals surface area contributed by atoms with Gasteiger partial charge in [0.15, 0.2) is 0 Å². The number of hydrogen-bond acceptors (Lipinski definition) is 5. The molecule has 1 saturated heterocycles. The van der Waals surface area contributed by atoms with Crippen molar-refractivity contribution in [2.24, 2.45) is 5.84 Å². The molecule has 8 nitrogen and oxygen atoms in total. The summed E-state index contributed by atoms with van der Waals surface area (Å²) >= 11 is 0. The zero-order valence-electron chi connectivity index (χ0n) is 17.4. The van der Waals surface area contributed by atoms with Gasteiger partial charge in [0.2, 0.25) is 0 Å². The average Bonchev–Trinajstić information content (AvgIpc) is 2.77. The Morgan fingerprint density at radius 2 is 1.63 bits per heavy atom. The van der Waals surface area contributed by atoms with Gasteiger partial charge in [-0.05, 0) is 43.7 Å². The molecule has 1 amide bonds. The summed E-state index contributed by atoms with van der Waals surface area (Å²) in [4.78, 5) is 13.9. The van der Waals surface area contributed by atoms with Crippen molar-refractivity contribution in [3.8, 4) is 0 Å². The maximum Gasteiger partial charge on any atom is 0.304 e. The summed E-state index contributed by atoms with van der Waals surface area (Å²) < 4.78 is 30.1. The second-order valence-corrected chi connectivity index (χ2v) is 9.40. The Morgan fingerprint density at radius 1 is 1.03 bits per heavy atom. The summed E-state index contributed by atoms with van der Waals surface area (Å²) in [6.45, 7) is 6.75. The molecule has 0 aromatic heterocycles. The van der Waals surface area contributed by atoms with E-state index in [0.29, 0.717) is 43.5 Å². The van der Waals surface area contributed by atoms with Crippen LogP contribution in [-0.4, -0.2) is 55.8 Å². The van der Waals surface area contributed by atoms with Gasteiger partial charge in [0.05, 0.1) is 12.2 Å². The van der Waals surface area contributed by atoms with E-state index in [-0.39, 0.29) is 6.54 Å². The zero-order valence-corrected chi connectivity index (χ0v) is 18.2. The highest BCUT2D eigenvalue weighted by Gasteiger charge is 2.33. The van der Waals surface area contributed by atoms with Crippen LogP contribution in [0.5, 0.6) is 0 Å². The first-order valence-corrected chi connectivity index (χ1v) is 11.4. The molecule has 0 bridgehead atoms. The maximum absolute atomic E-state index is 13.5. The molecule has 0 unspecified atom stereocenters. The monoisotopic (exact) mass is 431 g/mol. The van der Waals surface area contributed by atoms with E-state index in [2.05, 4.69) is 24.2 Å². The molecule has 30 heavy (non-hydrogen) atoms.